The van der Waals surface area contributed by atoms with E-state index >= 15 is 0 Å². The fourth-order valence-electron chi connectivity index (χ4n) is 3.20. The summed E-state index contributed by atoms with van der Waals surface area (Å²) in [6, 6.07) is 8.97. The Labute approximate surface area is 142 Å². The largest absolute Gasteiger partial charge is 0.453 e. The summed E-state index contributed by atoms with van der Waals surface area (Å²) in [4.78, 5) is 17.5. The Bertz CT molecular complexity index is 654. The van der Waals surface area contributed by atoms with Gasteiger partial charge in [-0.1, -0.05) is 12.1 Å². The zero-order valence-corrected chi connectivity index (χ0v) is 14.2. The molecule has 0 bridgehead atoms. The van der Waals surface area contributed by atoms with E-state index in [2.05, 4.69) is 41.5 Å². The van der Waals surface area contributed by atoms with E-state index in [-0.39, 0.29) is 12.1 Å². The lowest BCUT2D eigenvalue weighted by atomic mass is 10.0. The number of imidazole rings is 1. The molecule has 0 spiro atoms. The summed E-state index contributed by atoms with van der Waals surface area (Å²) in [5, 5.41) is 3.63. The average Bonchev–Trinajstić information content (AvgIpc) is 3.16. The van der Waals surface area contributed by atoms with E-state index in [4.69, 9.17) is 4.74 Å². The molecule has 128 valence electrons. The highest BCUT2D eigenvalue weighted by molar-refractivity contribution is 5.67. The van der Waals surface area contributed by atoms with Crippen LogP contribution in [0.2, 0.25) is 0 Å². The number of hydrogen-bond donors (Lipinski definition) is 1. The molecule has 0 radical (unpaired) electrons. The molecule has 3 rings (SSSR count). The van der Waals surface area contributed by atoms with Crippen molar-refractivity contribution in [1.29, 1.82) is 0 Å². The number of amides is 1. The number of carbonyl (C=O) groups is 1. The predicted molar refractivity (Wildman–Crippen MR) is 92.1 cm³/mol. The van der Waals surface area contributed by atoms with Crippen molar-refractivity contribution in [3.8, 4) is 5.69 Å². The second-order valence-corrected chi connectivity index (χ2v) is 6.21. The summed E-state index contributed by atoms with van der Waals surface area (Å²) in [6.45, 7) is 3.63. The summed E-state index contributed by atoms with van der Waals surface area (Å²) < 4.78 is 6.81. The number of methoxy groups -OCH3 is 1. The van der Waals surface area contributed by atoms with Gasteiger partial charge < -0.3 is 19.5 Å². The van der Waals surface area contributed by atoms with Gasteiger partial charge in [0.25, 0.3) is 0 Å². The molecule has 1 aromatic heterocycles. The molecule has 2 heterocycles. The van der Waals surface area contributed by atoms with Gasteiger partial charge in [-0.2, -0.15) is 0 Å². The smallest absolute Gasteiger partial charge is 0.409 e. The molecule has 0 saturated carbocycles. The van der Waals surface area contributed by atoms with Crippen molar-refractivity contribution in [3.63, 3.8) is 0 Å². The second kappa shape index (κ2) is 7.49. The number of benzene rings is 1. The van der Waals surface area contributed by atoms with E-state index in [0.29, 0.717) is 12.6 Å². The third-order valence-electron chi connectivity index (χ3n) is 4.54. The lowest BCUT2D eigenvalue weighted by Gasteiger charge is -2.34. The van der Waals surface area contributed by atoms with Crippen molar-refractivity contribution in [2.24, 2.45) is 0 Å². The van der Waals surface area contributed by atoms with E-state index < -0.39 is 0 Å². The van der Waals surface area contributed by atoms with E-state index in [1.807, 2.05) is 10.8 Å². The van der Waals surface area contributed by atoms with Crippen LogP contribution < -0.4 is 5.32 Å². The van der Waals surface area contributed by atoms with Gasteiger partial charge in [0.15, 0.2) is 0 Å². The SMILES string of the molecule is COC(=O)N1CCC[C@@H](N[C@@H](C)c2ccc(-n3ccnc3)cc2)C1. The quantitative estimate of drug-likeness (QED) is 0.937. The lowest BCUT2D eigenvalue weighted by molar-refractivity contribution is 0.106. The molecular weight excluding hydrogens is 304 g/mol. The Balaban J connectivity index is 1.60. The van der Waals surface area contributed by atoms with Crippen LogP contribution in [0.15, 0.2) is 43.0 Å². The molecule has 0 aliphatic carbocycles. The Morgan fingerprint density at radius 3 is 2.83 bits per heavy atom. The Hall–Kier alpha value is -2.34. The summed E-state index contributed by atoms with van der Waals surface area (Å²) in [7, 11) is 1.43. The average molecular weight is 328 g/mol. The first-order valence-corrected chi connectivity index (χ1v) is 8.34. The fourth-order valence-corrected chi connectivity index (χ4v) is 3.20. The summed E-state index contributed by atoms with van der Waals surface area (Å²) in [5.74, 6) is 0. The number of ether oxygens (including phenoxy) is 1. The van der Waals surface area contributed by atoms with Crippen LogP contribution in [0.5, 0.6) is 0 Å². The van der Waals surface area contributed by atoms with Crippen LogP contribution in [0.1, 0.15) is 31.4 Å². The number of hydrogen-bond acceptors (Lipinski definition) is 4. The van der Waals surface area contributed by atoms with Crippen molar-refractivity contribution in [2.75, 3.05) is 20.2 Å². The van der Waals surface area contributed by atoms with E-state index in [9.17, 15) is 4.79 Å². The molecule has 1 aromatic carbocycles. The zero-order chi connectivity index (χ0) is 16.9. The molecule has 1 aliphatic heterocycles. The van der Waals surface area contributed by atoms with Crippen LogP contribution in [0.25, 0.3) is 5.69 Å². The molecule has 1 fully saturated rings. The molecule has 2 aromatic rings. The minimum Gasteiger partial charge on any atom is -0.453 e. The molecule has 6 heteroatoms. The number of likely N-dealkylation sites (tertiary alicyclic amines) is 1. The van der Waals surface area contributed by atoms with E-state index in [0.717, 1.165) is 25.1 Å². The number of rotatable bonds is 4. The van der Waals surface area contributed by atoms with Crippen molar-refractivity contribution in [3.05, 3.63) is 48.5 Å². The van der Waals surface area contributed by atoms with Crippen LogP contribution in [0, 0.1) is 0 Å². The fraction of sp³-hybridized carbons (Fsp3) is 0.444. The first kappa shape index (κ1) is 16.5. The number of carbonyl (C=O) groups excluding carboxylic acids is 1. The Kier molecular flexibility index (Phi) is 5.15. The molecule has 1 N–H and O–H groups in total. The van der Waals surface area contributed by atoms with Crippen LogP contribution >= 0.6 is 0 Å². The van der Waals surface area contributed by atoms with Crippen LogP contribution in [-0.4, -0.2) is 46.8 Å². The Morgan fingerprint density at radius 1 is 1.38 bits per heavy atom. The minimum atomic E-state index is -0.237. The van der Waals surface area contributed by atoms with Crippen LogP contribution in [0.3, 0.4) is 0 Å². The van der Waals surface area contributed by atoms with Gasteiger partial charge in [-0.25, -0.2) is 9.78 Å². The van der Waals surface area contributed by atoms with Gasteiger partial charge >= 0.3 is 6.09 Å². The standard InChI is InChI=1S/C18H24N4O2/c1-14(20-16-4-3-10-21(12-16)18(23)24-2)15-5-7-17(8-6-15)22-11-9-19-13-22/h5-9,11,13-14,16,20H,3-4,10,12H2,1-2H3/t14-,16+/m0/s1. The van der Waals surface area contributed by atoms with Crippen molar-refractivity contribution in [2.45, 2.75) is 31.8 Å². The molecule has 2 atom stereocenters. The minimum absolute atomic E-state index is 0.226. The van der Waals surface area contributed by atoms with Crippen molar-refractivity contribution >= 4 is 6.09 Å². The number of nitrogens with zero attached hydrogens (tertiary/aromatic N) is 3. The van der Waals surface area contributed by atoms with Crippen molar-refractivity contribution < 1.29 is 9.53 Å². The predicted octanol–water partition coefficient (Wildman–Crippen LogP) is 2.75. The molecule has 1 amide bonds. The van der Waals surface area contributed by atoms with Gasteiger partial charge in [0.2, 0.25) is 0 Å². The maximum absolute atomic E-state index is 11.7. The van der Waals surface area contributed by atoms with E-state index in [1.165, 1.54) is 12.7 Å². The first-order valence-electron chi connectivity index (χ1n) is 8.34. The molecule has 6 nitrogen and oxygen atoms in total. The number of nitrogens with one attached hydrogen (secondary N) is 1. The highest BCUT2D eigenvalue weighted by atomic mass is 16.5. The third-order valence-corrected chi connectivity index (χ3v) is 4.54. The van der Waals surface area contributed by atoms with Crippen LogP contribution in [0.4, 0.5) is 4.79 Å². The third kappa shape index (κ3) is 3.76. The summed E-state index contributed by atoms with van der Waals surface area (Å²) in [6.07, 6.45) is 7.33. The number of piperidine rings is 1. The van der Waals surface area contributed by atoms with E-state index in [1.54, 1.807) is 17.4 Å². The number of aromatic nitrogens is 2. The van der Waals surface area contributed by atoms with Gasteiger partial charge in [-0.15, -0.1) is 0 Å². The molecule has 1 aliphatic rings. The Morgan fingerprint density at radius 2 is 2.17 bits per heavy atom. The maximum Gasteiger partial charge on any atom is 0.409 e. The second-order valence-electron chi connectivity index (χ2n) is 6.21. The monoisotopic (exact) mass is 328 g/mol. The highest BCUT2D eigenvalue weighted by Gasteiger charge is 2.25. The zero-order valence-electron chi connectivity index (χ0n) is 14.2. The first-order chi connectivity index (χ1) is 11.7. The van der Waals surface area contributed by atoms with Gasteiger partial charge in [0, 0.05) is 43.3 Å². The topological polar surface area (TPSA) is 59.4 Å². The normalized spacial score (nSPS) is 19.1. The van der Waals surface area contributed by atoms with Gasteiger partial charge in [0.05, 0.1) is 13.4 Å². The summed E-state index contributed by atoms with van der Waals surface area (Å²) in [5.41, 5.74) is 2.33. The molecule has 1 saturated heterocycles. The molecular formula is C18H24N4O2. The molecule has 0 unspecified atom stereocenters. The molecule has 24 heavy (non-hydrogen) atoms. The lowest BCUT2D eigenvalue weighted by Crippen LogP contribution is -2.48. The maximum atomic E-state index is 11.7. The van der Waals surface area contributed by atoms with Crippen LogP contribution in [-0.2, 0) is 4.74 Å². The van der Waals surface area contributed by atoms with Gasteiger partial charge in [0.1, 0.15) is 0 Å². The van der Waals surface area contributed by atoms with Crippen molar-refractivity contribution in [1.82, 2.24) is 19.8 Å². The van der Waals surface area contributed by atoms with Gasteiger partial charge in [-0.05, 0) is 37.5 Å². The summed E-state index contributed by atoms with van der Waals surface area (Å²) >= 11 is 0. The van der Waals surface area contributed by atoms with Gasteiger partial charge in [-0.3, -0.25) is 0 Å². The highest BCUT2D eigenvalue weighted by Crippen LogP contribution is 2.19.